The molecular weight excluding hydrogens is 226 g/mol. The SMILES string of the molecule is CC(CNc1ccccc1)SCC1CCCC1. The highest BCUT2D eigenvalue weighted by molar-refractivity contribution is 7.99. The molecule has 1 N–H and O–H groups in total. The van der Waals surface area contributed by atoms with Crippen molar-refractivity contribution in [1.82, 2.24) is 0 Å². The van der Waals surface area contributed by atoms with E-state index in [0.717, 1.165) is 12.5 Å². The summed E-state index contributed by atoms with van der Waals surface area (Å²) < 4.78 is 0. The zero-order valence-electron chi connectivity index (χ0n) is 10.7. The molecule has 1 aromatic carbocycles. The fraction of sp³-hybridized carbons (Fsp3) is 0.600. The van der Waals surface area contributed by atoms with Gasteiger partial charge in [0.1, 0.15) is 0 Å². The normalized spacial score (nSPS) is 18.2. The van der Waals surface area contributed by atoms with Crippen LogP contribution in [0.5, 0.6) is 0 Å². The molecule has 0 spiro atoms. The number of hydrogen-bond acceptors (Lipinski definition) is 2. The molecule has 94 valence electrons. The zero-order chi connectivity index (χ0) is 11.9. The minimum atomic E-state index is 0.704. The van der Waals surface area contributed by atoms with Crippen LogP contribution in [0, 0.1) is 5.92 Å². The Balaban J connectivity index is 1.62. The Morgan fingerprint density at radius 1 is 1.24 bits per heavy atom. The molecule has 0 saturated heterocycles. The third-order valence-corrected chi connectivity index (χ3v) is 4.86. The minimum Gasteiger partial charge on any atom is -0.384 e. The van der Waals surface area contributed by atoms with Gasteiger partial charge >= 0.3 is 0 Å². The molecule has 0 aliphatic heterocycles. The summed E-state index contributed by atoms with van der Waals surface area (Å²) in [6, 6.07) is 10.5. The number of rotatable bonds is 6. The first kappa shape index (κ1) is 12.8. The predicted molar refractivity (Wildman–Crippen MR) is 78.8 cm³/mol. The Morgan fingerprint density at radius 2 is 1.94 bits per heavy atom. The van der Waals surface area contributed by atoms with Gasteiger partial charge in [-0.05, 0) is 36.6 Å². The molecule has 1 aromatic rings. The van der Waals surface area contributed by atoms with Gasteiger partial charge in [0.2, 0.25) is 0 Å². The molecule has 2 rings (SSSR count). The van der Waals surface area contributed by atoms with Gasteiger partial charge in [0.15, 0.2) is 0 Å². The van der Waals surface area contributed by atoms with Crippen LogP contribution in [0.1, 0.15) is 32.6 Å². The molecule has 0 heterocycles. The highest BCUT2D eigenvalue weighted by atomic mass is 32.2. The molecule has 1 aliphatic rings. The molecule has 2 heteroatoms. The number of thioether (sulfide) groups is 1. The van der Waals surface area contributed by atoms with E-state index in [-0.39, 0.29) is 0 Å². The number of hydrogen-bond donors (Lipinski definition) is 1. The topological polar surface area (TPSA) is 12.0 Å². The lowest BCUT2D eigenvalue weighted by molar-refractivity contribution is 0.622. The standard InChI is InChI=1S/C15H23NS/c1-13(17-12-14-7-5-6-8-14)11-16-15-9-3-2-4-10-15/h2-4,9-10,13-14,16H,5-8,11-12H2,1H3. The second-order valence-corrected chi connectivity index (χ2v) is 6.51. The van der Waals surface area contributed by atoms with Crippen molar-refractivity contribution in [3.8, 4) is 0 Å². The zero-order valence-corrected chi connectivity index (χ0v) is 11.5. The lowest BCUT2D eigenvalue weighted by Gasteiger charge is -2.15. The first-order chi connectivity index (χ1) is 8.34. The molecule has 1 saturated carbocycles. The van der Waals surface area contributed by atoms with E-state index in [9.17, 15) is 0 Å². The number of anilines is 1. The predicted octanol–water partition coefficient (Wildman–Crippen LogP) is 4.41. The summed E-state index contributed by atoms with van der Waals surface area (Å²) in [5.41, 5.74) is 1.24. The maximum atomic E-state index is 3.50. The highest BCUT2D eigenvalue weighted by Gasteiger charge is 2.15. The summed E-state index contributed by atoms with van der Waals surface area (Å²) in [4.78, 5) is 0. The van der Waals surface area contributed by atoms with Crippen LogP contribution in [0.3, 0.4) is 0 Å². The van der Waals surface area contributed by atoms with Crippen molar-refractivity contribution < 1.29 is 0 Å². The average molecular weight is 249 g/mol. The molecule has 17 heavy (non-hydrogen) atoms. The largest absolute Gasteiger partial charge is 0.384 e. The first-order valence-corrected chi connectivity index (χ1v) is 7.80. The smallest absolute Gasteiger partial charge is 0.0340 e. The van der Waals surface area contributed by atoms with Gasteiger partial charge in [-0.2, -0.15) is 11.8 Å². The summed E-state index contributed by atoms with van der Waals surface area (Å²) in [7, 11) is 0. The van der Waals surface area contributed by atoms with E-state index < -0.39 is 0 Å². The molecule has 1 unspecified atom stereocenters. The average Bonchev–Trinajstić information content (AvgIpc) is 2.88. The second kappa shape index (κ2) is 6.95. The van der Waals surface area contributed by atoms with Crippen molar-refractivity contribution >= 4 is 17.4 Å². The van der Waals surface area contributed by atoms with E-state index in [2.05, 4.69) is 54.3 Å². The molecule has 1 nitrogen and oxygen atoms in total. The summed E-state index contributed by atoms with van der Waals surface area (Å²) in [6.07, 6.45) is 5.85. The summed E-state index contributed by atoms with van der Waals surface area (Å²) in [5.74, 6) is 2.36. The first-order valence-electron chi connectivity index (χ1n) is 6.75. The fourth-order valence-corrected chi connectivity index (χ4v) is 3.49. The number of benzene rings is 1. The van der Waals surface area contributed by atoms with Crippen LogP contribution >= 0.6 is 11.8 Å². The van der Waals surface area contributed by atoms with E-state index in [4.69, 9.17) is 0 Å². The second-order valence-electron chi connectivity index (χ2n) is 5.04. The number of nitrogens with one attached hydrogen (secondary N) is 1. The Bertz CT molecular complexity index is 306. The van der Waals surface area contributed by atoms with Crippen molar-refractivity contribution in [2.24, 2.45) is 5.92 Å². The fourth-order valence-electron chi connectivity index (χ4n) is 2.35. The van der Waals surface area contributed by atoms with Crippen LogP contribution in [-0.4, -0.2) is 17.5 Å². The Kier molecular flexibility index (Phi) is 5.24. The third kappa shape index (κ3) is 4.63. The van der Waals surface area contributed by atoms with Gasteiger partial charge in [-0.25, -0.2) is 0 Å². The van der Waals surface area contributed by atoms with Crippen LogP contribution in [0.2, 0.25) is 0 Å². The molecule has 1 fully saturated rings. The minimum absolute atomic E-state index is 0.704. The van der Waals surface area contributed by atoms with Gasteiger partial charge in [-0.3, -0.25) is 0 Å². The van der Waals surface area contributed by atoms with E-state index in [1.54, 1.807) is 0 Å². The third-order valence-electron chi connectivity index (χ3n) is 3.46. The van der Waals surface area contributed by atoms with Gasteiger partial charge in [0, 0.05) is 17.5 Å². The molecule has 0 bridgehead atoms. The maximum Gasteiger partial charge on any atom is 0.0340 e. The van der Waals surface area contributed by atoms with Crippen molar-refractivity contribution in [1.29, 1.82) is 0 Å². The van der Waals surface area contributed by atoms with Crippen LogP contribution in [0.4, 0.5) is 5.69 Å². The van der Waals surface area contributed by atoms with Gasteiger partial charge < -0.3 is 5.32 Å². The van der Waals surface area contributed by atoms with Gasteiger partial charge in [0.05, 0.1) is 0 Å². The summed E-state index contributed by atoms with van der Waals surface area (Å²) in [5, 5.41) is 4.20. The maximum absolute atomic E-state index is 3.50. The molecule has 1 aliphatic carbocycles. The number of para-hydroxylation sites is 1. The van der Waals surface area contributed by atoms with Crippen LogP contribution in [-0.2, 0) is 0 Å². The Hall–Kier alpha value is -0.630. The van der Waals surface area contributed by atoms with E-state index in [1.165, 1.54) is 37.1 Å². The quantitative estimate of drug-likeness (QED) is 0.801. The van der Waals surface area contributed by atoms with E-state index >= 15 is 0 Å². The molecule has 1 atom stereocenters. The van der Waals surface area contributed by atoms with Crippen molar-refractivity contribution in [3.63, 3.8) is 0 Å². The van der Waals surface area contributed by atoms with Crippen molar-refractivity contribution in [2.75, 3.05) is 17.6 Å². The Morgan fingerprint density at radius 3 is 2.65 bits per heavy atom. The molecule has 0 aromatic heterocycles. The van der Waals surface area contributed by atoms with Crippen LogP contribution < -0.4 is 5.32 Å². The van der Waals surface area contributed by atoms with Crippen molar-refractivity contribution in [2.45, 2.75) is 37.9 Å². The van der Waals surface area contributed by atoms with Crippen molar-refractivity contribution in [3.05, 3.63) is 30.3 Å². The molecule has 0 amide bonds. The van der Waals surface area contributed by atoms with Crippen LogP contribution in [0.25, 0.3) is 0 Å². The molecular formula is C15H23NS. The molecule has 0 radical (unpaired) electrons. The van der Waals surface area contributed by atoms with E-state index in [1.807, 2.05) is 0 Å². The summed E-state index contributed by atoms with van der Waals surface area (Å²) in [6.45, 7) is 3.40. The van der Waals surface area contributed by atoms with Gasteiger partial charge in [0.25, 0.3) is 0 Å². The monoisotopic (exact) mass is 249 g/mol. The Labute approximate surface area is 109 Å². The van der Waals surface area contributed by atoms with Crippen LogP contribution in [0.15, 0.2) is 30.3 Å². The lowest BCUT2D eigenvalue weighted by Crippen LogP contribution is -2.14. The van der Waals surface area contributed by atoms with Gasteiger partial charge in [-0.1, -0.05) is 38.0 Å². The lowest BCUT2D eigenvalue weighted by atomic mass is 10.1. The van der Waals surface area contributed by atoms with Gasteiger partial charge in [-0.15, -0.1) is 0 Å². The van der Waals surface area contributed by atoms with E-state index in [0.29, 0.717) is 5.25 Å². The summed E-state index contributed by atoms with van der Waals surface area (Å²) >= 11 is 2.13. The highest BCUT2D eigenvalue weighted by Crippen LogP contribution is 2.29.